The number of hydrogen-bond acceptors (Lipinski definition) is 12. The number of nitrogen functional groups attached to an aromatic ring is 1. The zero-order valence-corrected chi connectivity index (χ0v) is 52.5. The van der Waals surface area contributed by atoms with Gasteiger partial charge in [0.2, 0.25) is 17.7 Å². The Kier molecular flexibility index (Phi) is 26.0. The Bertz CT molecular complexity index is 3940. The van der Waals surface area contributed by atoms with Crippen LogP contribution < -0.4 is 44.5 Å². The van der Waals surface area contributed by atoms with Crippen LogP contribution in [0.4, 0.5) is 46.0 Å². The van der Waals surface area contributed by atoms with Crippen molar-refractivity contribution in [3.05, 3.63) is 263 Å². The molecule has 20 heteroatoms. The second kappa shape index (κ2) is 34.8. The van der Waals surface area contributed by atoms with Gasteiger partial charge in [0.25, 0.3) is 0 Å². The topological polar surface area (TPSA) is 209 Å². The van der Waals surface area contributed by atoms with Gasteiger partial charge in [0.05, 0.1) is 65.2 Å². The van der Waals surface area contributed by atoms with Crippen molar-refractivity contribution in [2.24, 2.45) is 16.8 Å². The Balaban J connectivity index is 0.000000182. The third-order valence-electron chi connectivity index (χ3n) is 15.1. The number of amides is 3. The molecule has 16 nitrogen and oxygen atoms in total. The number of carboxylic acid groups (broad SMARTS) is 1. The van der Waals surface area contributed by atoms with E-state index in [-0.39, 0.29) is 54.4 Å². The number of benzene rings is 9. The van der Waals surface area contributed by atoms with E-state index >= 15 is 0 Å². The minimum Gasteiger partial charge on any atom is -0.497 e. The number of aldehydes is 1. The number of nitrogens with zero attached hydrogens (tertiary/aromatic N) is 3. The summed E-state index contributed by atoms with van der Waals surface area (Å²) in [6.07, 6.45) is 3.39. The van der Waals surface area contributed by atoms with Crippen molar-refractivity contribution in [2.45, 2.75) is 44.7 Å². The molecule has 0 saturated carbocycles. The fourth-order valence-electron chi connectivity index (χ4n) is 10.1. The number of aryl methyl sites for hydroxylation is 1. The highest BCUT2D eigenvalue weighted by Gasteiger charge is 2.43. The first-order valence-electron chi connectivity index (χ1n) is 29.5. The molecule has 9 aromatic rings. The van der Waals surface area contributed by atoms with Crippen LogP contribution in [-0.4, -0.2) is 76.8 Å². The van der Waals surface area contributed by atoms with E-state index in [9.17, 15) is 46.6 Å². The fraction of sp³-hybridized carbons (Fsp3) is 0.189. The van der Waals surface area contributed by atoms with Gasteiger partial charge in [-0.25, -0.2) is 17.6 Å². The van der Waals surface area contributed by atoms with Crippen LogP contribution in [0.3, 0.4) is 0 Å². The van der Waals surface area contributed by atoms with Crippen LogP contribution in [-0.2, 0) is 19.2 Å². The number of rotatable bonds is 15. The van der Waals surface area contributed by atoms with E-state index in [2.05, 4.69) is 10.3 Å². The molecule has 0 radical (unpaired) electrons. The molecule has 3 amide bonds. The predicted octanol–water partition coefficient (Wildman–Crippen LogP) is 15.2. The van der Waals surface area contributed by atoms with Crippen LogP contribution in [0.1, 0.15) is 70.4 Å². The first-order valence-corrected chi connectivity index (χ1v) is 29.5. The highest BCUT2D eigenvalue weighted by molar-refractivity contribution is 6.01. The van der Waals surface area contributed by atoms with E-state index < -0.39 is 35.7 Å². The lowest BCUT2D eigenvalue weighted by Gasteiger charge is -2.41. The highest BCUT2D eigenvalue weighted by atomic mass is 19.1. The fourth-order valence-corrected chi connectivity index (χ4v) is 10.1. The van der Waals surface area contributed by atoms with Gasteiger partial charge >= 0.3 is 5.97 Å². The number of nitrogens with two attached hydrogens (primary N) is 1. The van der Waals surface area contributed by atoms with Crippen molar-refractivity contribution >= 4 is 64.6 Å². The number of ether oxygens (including phenoxy) is 5. The third kappa shape index (κ3) is 19.9. The number of hydrogen-bond donors (Lipinski definition) is 3. The van der Waals surface area contributed by atoms with E-state index in [0.717, 1.165) is 34.0 Å². The molecule has 0 aromatic heterocycles. The summed E-state index contributed by atoms with van der Waals surface area (Å²) < 4.78 is 77.3. The summed E-state index contributed by atoms with van der Waals surface area (Å²) in [6.45, 7) is 1.89. The Morgan fingerprint density at radius 2 is 0.862 bits per heavy atom. The maximum absolute atomic E-state index is 13.7. The lowest BCUT2D eigenvalue weighted by Crippen LogP contribution is -2.47. The van der Waals surface area contributed by atoms with Gasteiger partial charge in [-0.05, 0) is 218 Å². The normalized spacial score (nSPS) is 15.6. The molecule has 0 aliphatic carbocycles. The van der Waals surface area contributed by atoms with Gasteiger partial charge in [-0.3, -0.25) is 29.0 Å². The molecule has 2 aliphatic rings. The number of halogens is 4. The summed E-state index contributed by atoms with van der Waals surface area (Å²) in [5.41, 5.74) is 12.4. The SMILES string of the molecule is COc1ccc(N)cc1.COc1ccc(N2C(=O)CCC(C(=O)Nc3ccc(OC)cc3C)C2c2ccc(F)cc2)cc1.COc1ccc(N2C(=O)CCC(C(=O)O)C2c2ccc(F)cc2)cc1.COc1ccc(N=Cc2ccc(F)cc2)cc1.O=Cc1ccc(F)cc1. The van der Waals surface area contributed by atoms with Crippen molar-refractivity contribution < 1.29 is 70.3 Å². The maximum Gasteiger partial charge on any atom is 0.308 e. The molecule has 4 N–H and O–H groups in total. The van der Waals surface area contributed by atoms with Crippen LogP contribution in [0, 0.1) is 42.0 Å². The molecule has 2 fully saturated rings. The van der Waals surface area contributed by atoms with Crippen LogP contribution in [0.5, 0.6) is 28.7 Å². The van der Waals surface area contributed by atoms with Gasteiger partial charge < -0.3 is 49.6 Å². The largest absolute Gasteiger partial charge is 0.497 e. The number of aliphatic carboxylic acids is 1. The van der Waals surface area contributed by atoms with Crippen LogP contribution in [0.25, 0.3) is 0 Å². The Morgan fingerprint density at radius 1 is 0.500 bits per heavy atom. The summed E-state index contributed by atoms with van der Waals surface area (Å²) >= 11 is 0. The van der Waals surface area contributed by atoms with Crippen molar-refractivity contribution in [3.8, 4) is 28.7 Å². The number of carbonyl (C=O) groups excluding carboxylic acids is 4. The maximum atomic E-state index is 13.7. The minimum absolute atomic E-state index is 0.0934. The molecule has 2 aliphatic heterocycles. The molecule has 486 valence electrons. The quantitative estimate of drug-likeness (QED) is 0.0379. The molecule has 0 spiro atoms. The van der Waals surface area contributed by atoms with Crippen LogP contribution in [0.2, 0.25) is 0 Å². The average molecular weight is 1280 g/mol. The van der Waals surface area contributed by atoms with E-state index in [1.54, 1.807) is 144 Å². The first-order chi connectivity index (χ1) is 45.3. The number of carbonyl (C=O) groups is 5. The van der Waals surface area contributed by atoms with Crippen LogP contribution >= 0.6 is 0 Å². The molecular weight excluding hydrogens is 1210 g/mol. The molecule has 9 aromatic carbocycles. The second-order valence-electron chi connectivity index (χ2n) is 21.2. The Hall–Kier alpha value is -11.3. The summed E-state index contributed by atoms with van der Waals surface area (Å²) in [7, 11) is 7.96. The molecule has 11 rings (SSSR count). The number of anilines is 4. The Morgan fingerprint density at radius 3 is 1.26 bits per heavy atom. The van der Waals surface area contributed by atoms with Gasteiger partial charge in [-0.2, -0.15) is 0 Å². The molecule has 2 saturated heterocycles. The van der Waals surface area contributed by atoms with Gasteiger partial charge in [0.1, 0.15) is 58.3 Å². The lowest BCUT2D eigenvalue weighted by atomic mass is 9.83. The van der Waals surface area contributed by atoms with Crippen molar-refractivity contribution in [3.63, 3.8) is 0 Å². The zero-order valence-electron chi connectivity index (χ0n) is 52.5. The third-order valence-corrected chi connectivity index (χ3v) is 15.1. The van der Waals surface area contributed by atoms with Crippen molar-refractivity contribution in [1.82, 2.24) is 0 Å². The molecule has 0 bridgehead atoms. The van der Waals surface area contributed by atoms with Gasteiger partial charge in [-0.15, -0.1) is 0 Å². The van der Waals surface area contributed by atoms with Gasteiger partial charge in [-0.1, -0.05) is 36.4 Å². The number of methoxy groups -OCH3 is 5. The molecule has 94 heavy (non-hydrogen) atoms. The van der Waals surface area contributed by atoms with Crippen LogP contribution in [0.15, 0.2) is 217 Å². The summed E-state index contributed by atoms with van der Waals surface area (Å²) in [5.74, 6) is -0.425. The molecular formula is C74H71F4N5O11. The number of nitrogens with one attached hydrogen (secondary N) is 1. The minimum atomic E-state index is -0.972. The zero-order chi connectivity index (χ0) is 67.7. The number of piperidine rings is 2. The summed E-state index contributed by atoms with van der Waals surface area (Å²) in [4.78, 5) is 68.4. The number of carboxylic acids is 1. The standard InChI is InChI=1S/C27H27FN2O4.C19H18FNO4.C14H12FNO.C7H5FO.C7H9NO/c1-17-16-22(34-3)12-14-24(17)29-27(32)23-13-15-25(31)30(20-8-10-21(33-2)11-9-20)26(23)18-4-6-19(28)7-5-18;1-25-15-8-6-14(7-9-15)21-17(22)11-10-16(19(23)24)18(21)12-2-4-13(20)5-3-12;1-17-14-8-6-13(7-9-14)16-10-11-2-4-12(15)5-3-11;8-7-3-1-6(5-9)2-4-7;1-9-7-4-2-6(8)3-5-7/h4-12,14,16,23,26H,13,15H2,1-3H3,(H,29,32);2-9,16,18H,10-11H2,1H3,(H,23,24);2-10H,1H3;1-5H;2-5H,8H2,1H3. The number of aliphatic imine (C=N–C) groups is 1. The van der Waals surface area contributed by atoms with Gasteiger partial charge in [0, 0.05) is 47.4 Å². The molecule has 2 heterocycles. The molecule has 4 unspecified atom stereocenters. The first kappa shape index (κ1) is 70.2. The Labute approximate surface area is 542 Å². The summed E-state index contributed by atoms with van der Waals surface area (Å²) in [6, 6.07) is 56.0. The average Bonchev–Trinajstić information content (AvgIpc) is 0.806. The second-order valence-corrected chi connectivity index (χ2v) is 21.2. The van der Waals surface area contributed by atoms with E-state index in [1.807, 2.05) is 49.4 Å². The molecule has 4 atom stereocenters. The van der Waals surface area contributed by atoms with E-state index in [0.29, 0.717) is 63.7 Å². The smallest absolute Gasteiger partial charge is 0.308 e. The summed E-state index contributed by atoms with van der Waals surface area (Å²) in [5, 5.41) is 12.6. The predicted molar refractivity (Wildman–Crippen MR) is 355 cm³/mol. The van der Waals surface area contributed by atoms with E-state index in [1.165, 1.54) is 77.7 Å². The monoisotopic (exact) mass is 1280 g/mol. The lowest BCUT2D eigenvalue weighted by molar-refractivity contribution is -0.144. The van der Waals surface area contributed by atoms with E-state index in [4.69, 9.17) is 29.4 Å². The van der Waals surface area contributed by atoms with Gasteiger partial charge in [0.15, 0.2) is 0 Å². The van der Waals surface area contributed by atoms with Crippen molar-refractivity contribution in [2.75, 3.05) is 56.4 Å². The van der Waals surface area contributed by atoms with Crippen molar-refractivity contribution in [1.29, 1.82) is 0 Å². The highest BCUT2D eigenvalue weighted by Crippen LogP contribution is 2.43.